The van der Waals surface area contributed by atoms with Crippen molar-refractivity contribution in [3.8, 4) is 11.3 Å². The molecule has 0 amide bonds. The van der Waals surface area contributed by atoms with Crippen molar-refractivity contribution in [2.45, 2.75) is 12.8 Å². The van der Waals surface area contributed by atoms with Gasteiger partial charge in [-0.25, -0.2) is 4.79 Å². The Bertz CT molecular complexity index is 619. The molecule has 5 heteroatoms. The predicted octanol–water partition coefficient (Wildman–Crippen LogP) is 2.44. The third-order valence-electron chi connectivity index (χ3n) is 3.49. The van der Waals surface area contributed by atoms with Crippen LogP contribution in [0.15, 0.2) is 36.4 Å². The summed E-state index contributed by atoms with van der Waals surface area (Å²) in [7, 11) is 0. The molecule has 0 radical (unpaired) electrons. The molecule has 20 heavy (non-hydrogen) atoms. The second-order valence-corrected chi connectivity index (χ2v) is 4.86. The highest BCUT2D eigenvalue weighted by Crippen LogP contribution is 2.21. The maximum Gasteiger partial charge on any atom is 0.335 e. The van der Waals surface area contributed by atoms with E-state index < -0.39 is 5.97 Å². The first-order valence-electron chi connectivity index (χ1n) is 6.66. The SMILES string of the molecule is O=C(O)c1cccc(-c2ccc(N3CCCC3)nn2)c1. The number of carbonyl (C=O) groups is 1. The van der Waals surface area contributed by atoms with Gasteiger partial charge in [-0.05, 0) is 37.1 Å². The number of hydrogen-bond acceptors (Lipinski definition) is 4. The summed E-state index contributed by atoms with van der Waals surface area (Å²) >= 11 is 0. The molecule has 1 aliphatic rings. The van der Waals surface area contributed by atoms with E-state index in [1.165, 1.54) is 12.8 Å². The number of rotatable bonds is 3. The summed E-state index contributed by atoms with van der Waals surface area (Å²) in [5.74, 6) is -0.0471. The smallest absolute Gasteiger partial charge is 0.335 e. The van der Waals surface area contributed by atoms with Crippen LogP contribution in [0.5, 0.6) is 0 Å². The second kappa shape index (κ2) is 5.28. The van der Waals surface area contributed by atoms with Gasteiger partial charge in [-0.15, -0.1) is 10.2 Å². The van der Waals surface area contributed by atoms with Crippen molar-refractivity contribution >= 4 is 11.8 Å². The molecule has 0 atom stereocenters. The van der Waals surface area contributed by atoms with E-state index in [9.17, 15) is 4.79 Å². The largest absolute Gasteiger partial charge is 0.478 e. The summed E-state index contributed by atoms with van der Waals surface area (Å²) in [5.41, 5.74) is 1.72. The van der Waals surface area contributed by atoms with Gasteiger partial charge in [0.15, 0.2) is 5.82 Å². The summed E-state index contributed by atoms with van der Waals surface area (Å²) in [6.07, 6.45) is 2.40. The van der Waals surface area contributed by atoms with Crippen LogP contribution in [0.3, 0.4) is 0 Å². The molecule has 1 fully saturated rings. The van der Waals surface area contributed by atoms with Crippen LogP contribution in [-0.2, 0) is 0 Å². The number of aromatic carboxylic acids is 1. The number of carboxylic acid groups (broad SMARTS) is 1. The lowest BCUT2D eigenvalue weighted by Gasteiger charge is -2.15. The van der Waals surface area contributed by atoms with Crippen molar-refractivity contribution < 1.29 is 9.90 Å². The fourth-order valence-electron chi connectivity index (χ4n) is 2.41. The highest BCUT2D eigenvalue weighted by Gasteiger charge is 2.14. The third-order valence-corrected chi connectivity index (χ3v) is 3.49. The maximum absolute atomic E-state index is 11.0. The van der Waals surface area contributed by atoms with Gasteiger partial charge < -0.3 is 10.0 Å². The average Bonchev–Trinajstić information content (AvgIpc) is 3.02. The van der Waals surface area contributed by atoms with E-state index in [1.807, 2.05) is 18.2 Å². The summed E-state index contributed by atoms with van der Waals surface area (Å²) in [5, 5.41) is 17.5. The maximum atomic E-state index is 11.0. The van der Waals surface area contributed by atoms with Crippen LogP contribution in [0.1, 0.15) is 23.2 Å². The van der Waals surface area contributed by atoms with Crippen LogP contribution in [0.2, 0.25) is 0 Å². The monoisotopic (exact) mass is 269 g/mol. The molecule has 2 heterocycles. The minimum Gasteiger partial charge on any atom is -0.478 e. The van der Waals surface area contributed by atoms with Gasteiger partial charge in [0.25, 0.3) is 0 Å². The van der Waals surface area contributed by atoms with Gasteiger partial charge in [-0.1, -0.05) is 12.1 Å². The molecule has 2 aromatic rings. The minimum atomic E-state index is -0.937. The van der Waals surface area contributed by atoms with E-state index in [2.05, 4.69) is 15.1 Å². The molecule has 1 N–H and O–H groups in total. The Hall–Kier alpha value is -2.43. The summed E-state index contributed by atoms with van der Waals surface area (Å²) in [6.45, 7) is 2.06. The molecular formula is C15H15N3O2. The van der Waals surface area contributed by atoms with Crippen molar-refractivity contribution in [1.29, 1.82) is 0 Å². The third kappa shape index (κ3) is 2.47. The fraction of sp³-hybridized carbons (Fsp3) is 0.267. The number of hydrogen-bond donors (Lipinski definition) is 1. The van der Waals surface area contributed by atoms with Crippen LogP contribution in [0.25, 0.3) is 11.3 Å². The van der Waals surface area contributed by atoms with Crippen LogP contribution in [-0.4, -0.2) is 34.4 Å². The van der Waals surface area contributed by atoms with Crippen LogP contribution < -0.4 is 4.90 Å². The summed E-state index contributed by atoms with van der Waals surface area (Å²) in [4.78, 5) is 13.2. The van der Waals surface area contributed by atoms with Gasteiger partial charge in [-0.2, -0.15) is 0 Å². The first kappa shape index (κ1) is 12.6. The van der Waals surface area contributed by atoms with E-state index in [-0.39, 0.29) is 5.56 Å². The van der Waals surface area contributed by atoms with Gasteiger partial charge in [-0.3, -0.25) is 0 Å². The minimum absolute atomic E-state index is 0.257. The summed E-state index contributed by atoms with van der Waals surface area (Å²) in [6, 6.07) is 10.6. The molecule has 0 spiro atoms. The molecule has 1 aliphatic heterocycles. The lowest BCUT2D eigenvalue weighted by molar-refractivity contribution is 0.0697. The zero-order valence-electron chi connectivity index (χ0n) is 11.0. The van der Waals surface area contributed by atoms with Crippen LogP contribution >= 0.6 is 0 Å². The number of carboxylic acids is 1. The average molecular weight is 269 g/mol. The Labute approximate surface area is 116 Å². The zero-order chi connectivity index (χ0) is 13.9. The van der Waals surface area contributed by atoms with E-state index in [0.29, 0.717) is 5.69 Å². The van der Waals surface area contributed by atoms with Crippen molar-refractivity contribution in [2.24, 2.45) is 0 Å². The van der Waals surface area contributed by atoms with Gasteiger partial charge >= 0.3 is 5.97 Å². The Morgan fingerprint density at radius 1 is 1.10 bits per heavy atom. The van der Waals surface area contributed by atoms with Crippen LogP contribution in [0.4, 0.5) is 5.82 Å². The number of nitrogens with zero attached hydrogens (tertiary/aromatic N) is 3. The lowest BCUT2D eigenvalue weighted by atomic mass is 10.1. The molecule has 102 valence electrons. The molecule has 1 saturated heterocycles. The molecule has 1 aromatic carbocycles. The first-order valence-corrected chi connectivity index (χ1v) is 6.66. The van der Waals surface area contributed by atoms with E-state index in [0.717, 1.165) is 24.5 Å². The number of anilines is 1. The Morgan fingerprint density at radius 3 is 2.55 bits per heavy atom. The van der Waals surface area contributed by atoms with Crippen molar-refractivity contribution in [3.05, 3.63) is 42.0 Å². The first-order chi connectivity index (χ1) is 9.74. The Kier molecular flexibility index (Phi) is 3.33. The zero-order valence-corrected chi connectivity index (χ0v) is 11.0. The van der Waals surface area contributed by atoms with Crippen molar-refractivity contribution in [2.75, 3.05) is 18.0 Å². The van der Waals surface area contributed by atoms with Crippen molar-refractivity contribution in [1.82, 2.24) is 10.2 Å². The highest BCUT2D eigenvalue weighted by atomic mass is 16.4. The molecule has 0 bridgehead atoms. The predicted molar refractivity (Wildman–Crippen MR) is 75.9 cm³/mol. The van der Waals surface area contributed by atoms with E-state index in [1.54, 1.807) is 18.2 Å². The fourth-order valence-corrected chi connectivity index (χ4v) is 2.41. The molecule has 0 aliphatic carbocycles. The quantitative estimate of drug-likeness (QED) is 0.927. The van der Waals surface area contributed by atoms with Gasteiger partial charge in [0, 0.05) is 18.7 Å². The molecule has 0 saturated carbocycles. The second-order valence-electron chi connectivity index (χ2n) is 4.86. The molecule has 5 nitrogen and oxygen atoms in total. The summed E-state index contributed by atoms with van der Waals surface area (Å²) < 4.78 is 0. The molecule has 1 aromatic heterocycles. The Morgan fingerprint density at radius 2 is 1.90 bits per heavy atom. The van der Waals surface area contributed by atoms with Crippen LogP contribution in [0, 0.1) is 0 Å². The molecule has 0 unspecified atom stereocenters. The lowest BCUT2D eigenvalue weighted by Crippen LogP contribution is -2.19. The topological polar surface area (TPSA) is 66.3 Å². The van der Waals surface area contributed by atoms with Crippen molar-refractivity contribution in [3.63, 3.8) is 0 Å². The number of aromatic nitrogens is 2. The normalized spacial score (nSPS) is 14.5. The van der Waals surface area contributed by atoms with Gasteiger partial charge in [0.05, 0.1) is 11.3 Å². The number of benzene rings is 1. The Balaban J connectivity index is 1.87. The van der Waals surface area contributed by atoms with Gasteiger partial charge in [0.2, 0.25) is 0 Å². The van der Waals surface area contributed by atoms with E-state index >= 15 is 0 Å². The van der Waals surface area contributed by atoms with Gasteiger partial charge in [0.1, 0.15) is 0 Å². The highest BCUT2D eigenvalue weighted by molar-refractivity contribution is 5.89. The molecular weight excluding hydrogens is 254 g/mol. The molecule has 3 rings (SSSR count). The standard InChI is InChI=1S/C15H15N3O2/c19-15(20)12-5-3-4-11(10-12)13-6-7-14(17-16-13)18-8-1-2-9-18/h3-7,10H,1-2,8-9H2,(H,19,20). The van der Waals surface area contributed by atoms with E-state index in [4.69, 9.17) is 5.11 Å².